The maximum Gasteiger partial charge on any atom is 0.270 e. The van der Waals surface area contributed by atoms with Crippen molar-refractivity contribution in [3.8, 4) is 11.3 Å². The van der Waals surface area contributed by atoms with Crippen LogP contribution in [0.4, 0.5) is 11.4 Å². The lowest BCUT2D eigenvalue weighted by molar-refractivity contribution is -0.384. The van der Waals surface area contributed by atoms with Crippen LogP contribution in [0.25, 0.3) is 11.3 Å². The Hall–Kier alpha value is -2.73. The molecule has 0 saturated carbocycles. The number of non-ortho nitro benzene ring substituents is 1. The van der Waals surface area contributed by atoms with E-state index in [1.54, 1.807) is 12.1 Å². The van der Waals surface area contributed by atoms with Crippen LogP contribution in [-0.2, 0) is 7.05 Å². The number of nitro groups is 1. The van der Waals surface area contributed by atoms with Crippen LogP contribution in [0.1, 0.15) is 0 Å². The van der Waals surface area contributed by atoms with Gasteiger partial charge in [0.25, 0.3) is 5.69 Å². The summed E-state index contributed by atoms with van der Waals surface area (Å²) in [6.07, 6.45) is 0. The van der Waals surface area contributed by atoms with Crippen molar-refractivity contribution in [2.45, 2.75) is 0 Å². The summed E-state index contributed by atoms with van der Waals surface area (Å²) in [4.78, 5) is 15.9. The normalized spacial score (nSPS) is 11.6. The van der Waals surface area contributed by atoms with Gasteiger partial charge in [0.05, 0.1) is 16.3 Å². The lowest BCUT2D eigenvalue weighted by Gasteiger charge is -2.02. The van der Waals surface area contributed by atoms with Gasteiger partial charge in [-0.2, -0.15) is 0 Å². The molecule has 0 fully saturated rings. The zero-order chi connectivity index (χ0) is 15.5. The van der Waals surface area contributed by atoms with Crippen LogP contribution < -0.4 is 4.80 Å². The number of aromatic nitrogens is 1. The molecular formula is C16H13N3O2S. The third kappa shape index (κ3) is 2.82. The Bertz CT molecular complexity index is 882. The van der Waals surface area contributed by atoms with E-state index >= 15 is 0 Å². The Labute approximate surface area is 131 Å². The van der Waals surface area contributed by atoms with Gasteiger partial charge < -0.3 is 4.57 Å². The van der Waals surface area contributed by atoms with Crippen molar-refractivity contribution in [2.24, 2.45) is 12.0 Å². The minimum Gasteiger partial charge on any atom is -0.320 e. The van der Waals surface area contributed by atoms with Crippen molar-refractivity contribution in [1.29, 1.82) is 0 Å². The molecule has 0 saturated heterocycles. The van der Waals surface area contributed by atoms with Gasteiger partial charge in [0.2, 0.25) is 0 Å². The first-order valence-electron chi connectivity index (χ1n) is 6.64. The molecule has 0 aliphatic heterocycles. The zero-order valence-corrected chi connectivity index (χ0v) is 12.7. The van der Waals surface area contributed by atoms with Gasteiger partial charge in [0.1, 0.15) is 0 Å². The fourth-order valence-corrected chi connectivity index (χ4v) is 3.05. The monoisotopic (exact) mass is 311 g/mol. The fourth-order valence-electron chi connectivity index (χ4n) is 2.12. The lowest BCUT2D eigenvalue weighted by Crippen LogP contribution is -2.10. The van der Waals surface area contributed by atoms with E-state index in [2.05, 4.69) is 4.99 Å². The molecule has 0 unspecified atom stereocenters. The number of thiazole rings is 1. The van der Waals surface area contributed by atoms with E-state index in [1.165, 1.54) is 17.4 Å². The highest BCUT2D eigenvalue weighted by atomic mass is 32.1. The van der Waals surface area contributed by atoms with Crippen molar-refractivity contribution >= 4 is 22.7 Å². The first kappa shape index (κ1) is 14.2. The number of hydrogen-bond acceptors (Lipinski definition) is 4. The van der Waals surface area contributed by atoms with Gasteiger partial charge in [0, 0.05) is 30.1 Å². The maximum absolute atomic E-state index is 10.9. The molecule has 1 aromatic heterocycles. The third-order valence-electron chi connectivity index (χ3n) is 3.26. The number of benzene rings is 2. The third-order valence-corrected chi connectivity index (χ3v) is 4.18. The molecule has 0 radical (unpaired) electrons. The van der Waals surface area contributed by atoms with Gasteiger partial charge in [-0.3, -0.25) is 10.1 Å². The largest absolute Gasteiger partial charge is 0.320 e. The molecule has 0 amide bonds. The smallest absolute Gasteiger partial charge is 0.270 e. The Morgan fingerprint density at radius 2 is 1.91 bits per heavy atom. The van der Waals surface area contributed by atoms with E-state index in [0.717, 1.165) is 21.7 Å². The summed E-state index contributed by atoms with van der Waals surface area (Å²) in [6.45, 7) is 0. The molecule has 0 spiro atoms. The highest BCUT2D eigenvalue weighted by Crippen LogP contribution is 2.24. The summed E-state index contributed by atoms with van der Waals surface area (Å²) < 4.78 is 1.94. The topological polar surface area (TPSA) is 60.4 Å². The van der Waals surface area contributed by atoms with Gasteiger partial charge in [-0.05, 0) is 12.1 Å². The minimum atomic E-state index is -0.384. The molecule has 0 atom stereocenters. The van der Waals surface area contributed by atoms with E-state index in [4.69, 9.17) is 0 Å². The molecule has 2 aromatic carbocycles. The van der Waals surface area contributed by atoms with Crippen LogP contribution in [0.2, 0.25) is 0 Å². The Kier molecular flexibility index (Phi) is 3.84. The minimum absolute atomic E-state index is 0.0882. The molecule has 110 valence electrons. The van der Waals surface area contributed by atoms with Crippen molar-refractivity contribution in [3.05, 3.63) is 74.9 Å². The Morgan fingerprint density at radius 3 is 2.64 bits per heavy atom. The van der Waals surface area contributed by atoms with E-state index in [9.17, 15) is 10.1 Å². The van der Waals surface area contributed by atoms with Crippen LogP contribution in [0.15, 0.2) is 65.0 Å². The molecule has 3 rings (SSSR count). The number of nitrogens with zero attached hydrogens (tertiary/aromatic N) is 3. The predicted molar refractivity (Wildman–Crippen MR) is 87.0 cm³/mol. The van der Waals surface area contributed by atoms with Gasteiger partial charge >= 0.3 is 0 Å². The zero-order valence-electron chi connectivity index (χ0n) is 11.8. The van der Waals surface area contributed by atoms with E-state index in [1.807, 2.05) is 53.4 Å². The van der Waals surface area contributed by atoms with Crippen molar-refractivity contribution < 1.29 is 4.92 Å². The van der Waals surface area contributed by atoms with Gasteiger partial charge in [-0.1, -0.05) is 30.3 Å². The molecule has 1 heterocycles. The predicted octanol–water partition coefficient (Wildman–Crippen LogP) is 3.89. The summed E-state index contributed by atoms with van der Waals surface area (Å²) in [6, 6.07) is 16.3. The molecule has 0 aliphatic carbocycles. The summed E-state index contributed by atoms with van der Waals surface area (Å²) in [5, 5.41) is 12.9. The molecule has 0 aliphatic rings. The summed E-state index contributed by atoms with van der Waals surface area (Å²) >= 11 is 1.51. The van der Waals surface area contributed by atoms with Gasteiger partial charge in [-0.25, -0.2) is 4.99 Å². The molecule has 0 N–H and O–H groups in total. The lowest BCUT2D eigenvalue weighted by atomic mass is 10.1. The van der Waals surface area contributed by atoms with Crippen LogP contribution in [0.5, 0.6) is 0 Å². The standard InChI is InChI=1S/C16H13N3O2S/c1-18-15(12-6-5-9-14(10-12)19(20)21)11-22-16(18)17-13-7-3-2-4-8-13/h2-11H,1H3. The number of para-hydroxylation sites is 1. The number of rotatable bonds is 3. The first-order valence-corrected chi connectivity index (χ1v) is 7.52. The number of nitro benzene ring substituents is 1. The second-order valence-electron chi connectivity index (χ2n) is 4.72. The van der Waals surface area contributed by atoms with Crippen molar-refractivity contribution in [2.75, 3.05) is 0 Å². The molecule has 0 bridgehead atoms. The van der Waals surface area contributed by atoms with Gasteiger partial charge in [-0.15, -0.1) is 11.3 Å². The van der Waals surface area contributed by atoms with Crippen molar-refractivity contribution in [3.63, 3.8) is 0 Å². The Morgan fingerprint density at radius 1 is 1.14 bits per heavy atom. The molecule has 5 nitrogen and oxygen atoms in total. The van der Waals surface area contributed by atoms with E-state index < -0.39 is 0 Å². The van der Waals surface area contributed by atoms with Crippen LogP contribution in [0.3, 0.4) is 0 Å². The molecule has 22 heavy (non-hydrogen) atoms. The summed E-state index contributed by atoms with van der Waals surface area (Å²) in [5.41, 5.74) is 2.68. The van der Waals surface area contributed by atoms with Crippen LogP contribution in [-0.4, -0.2) is 9.49 Å². The summed E-state index contributed by atoms with van der Waals surface area (Å²) in [7, 11) is 1.91. The fraction of sp³-hybridized carbons (Fsp3) is 0.0625. The second-order valence-corrected chi connectivity index (χ2v) is 5.55. The quantitative estimate of drug-likeness (QED) is 0.544. The average molecular weight is 311 g/mol. The first-order chi connectivity index (χ1) is 10.6. The summed E-state index contributed by atoms with van der Waals surface area (Å²) in [5.74, 6) is 0. The number of hydrogen-bond donors (Lipinski definition) is 0. The van der Waals surface area contributed by atoms with Crippen LogP contribution in [0, 0.1) is 10.1 Å². The Balaban J connectivity index is 2.06. The van der Waals surface area contributed by atoms with E-state index in [0.29, 0.717) is 0 Å². The van der Waals surface area contributed by atoms with Crippen molar-refractivity contribution in [1.82, 2.24) is 4.57 Å². The molecule has 6 heteroatoms. The van der Waals surface area contributed by atoms with E-state index in [-0.39, 0.29) is 10.6 Å². The molecular weight excluding hydrogens is 298 g/mol. The highest BCUT2D eigenvalue weighted by molar-refractivity contribution is 7.07. The average Bonchev–Trinajstić information content (AvgIpc) is 2.89. The molecule has 3 aromatic rings. The maximum atomic E-state index is 10.9. The second kappa shape index (κ2) is 5.95. The van der Waals surface area contributed by atoms with Gasteiger partial charge in [0.15, 0.2) is 4.80 Å². The SMILES string of the molecule is Cn1c(-c2cccc([N+](=O)[O-])c2)csc1=Nc1ccccc1. The van der Waals surface area contributed by atoms with Crippen LogP contribution >= 0.6 is 11.3 Å². The highest BCUT2D eigenvalue weighted by Gasteiger charge is 2.10.